The van der Waals surface area contributed by atoms with Crippen LogP contribution >= 0.6 is 0 Å². The van der Waals surface area contributed by atoms with Crippen molar-refractivity contribution in [2.24, 2.45) is 45.3 Å². The maximum Gasteiger partial charge on any atom is 0.224 e. The summed E-state index contributed by atoms with van der Waals surface area (Å²) >= 11 is 0. The van der Waals surface area contributed by atoms with Crippen LogP contribution in [-0.4, -0.2) is 27.9 Å². The van der Waals surface area contributed by atoms with Crippen molar-refractivity contribution < 1.29 is 19.8 Å². The van der Waals surface area contributed by atoms with E-state index < -0.39 is 16.9 Å². The van der Waals surface area contributed by atoms with Gasteiger partial charge in [-0.05, 0) is 71.8 Å². The van der Waals surface area contributed by atoms with Crippen molar-refractivity contribution in [2.75, 3.05) is 0 Å². The van der Waals surface area contributed by atoms with Gasteiger partial charge in [-0.25, -0.2) is 0 Å². The molecule has 0 saturated heterocycles. The van der Waals surface area contributed by atoms with E-state index in [1.807, 2.05) is 13.8 Å². The molecule has 6 atom stereocenters. The molecule has 0 radical (unpaired) electrons. The molecule has 1 spiro atoms. The Balaban J connectivity index is 1.68. The summed E-state index contributed by atoms with van der Waals surface area (Å²) in [7, 11) is 0. The van der Waals surface area contributed by atoms with Crippen LogP contribution in [0.3, 0.4) is 0 Å². The Bertz CT molecular complexity index is 1150. The molecule has 0 heterocycles. The van der Waals surface area contributed by atoms with E-state index in [1.54, 1.807) is 0 Å². The summed E-state index contributed by atoms with van der Waals surface area (Å²) in [6, 6.07) is 0. The minimum Gasteiger partial charge on any atom is -0.504 e. The summed E-state index contributed by atoms with van der Waals surface area (Å²) in [5, 5.41) is 23.7. The van der Waals surface area contributed by atoms with Crippen LogP contribution in [0, 0.1) is 45.3 Å². The molecule has 6 aliphatic carbocycles. The summed E-state index contributed by atoms with van der Waals surface area (Å²) in [6.07, 6.45) is 4.69. The molecule has 0 aromatic carbocycles. The predicted octanol–water partition coefficient (Wildman–Crippen LogP) is 5.86. The number of carbonyl (C=O) groups excluding carboxylic acids is 2. The van der Waals surface area contributed by atoms with E-state index in [2.05, 4.69) is 34.6 Å². The first-order valence-corrected chi connectivity index (χ1v) is 13.5. The molecule has 4 heteroatoms. The van der Waals surface area contributed by atoms with Crippen molar-refractivity contribution in [1.82, 2.24) is 0 Å². The number of ketones is 2. The molecule has 0 unspecified atom stereocenters. The van der Waals surface area contributed by atoms with Gasteiger partial charge in [-0.15, -0.1) is 0 Å². The van der Waals surface area contributed by atoms with Crippen molar-refractivity contribution in [3.8, 4) is 0 Å². The van der Waals surface area contributed by atoms with Crippen LogP contribution in [0.1, 0.15) is 87.0 Å². The Labute approximate surface area is 203 Å². The lowest BCUT2D eigenvalue weighted by atomic mass is 9.48. The number of hydrogen-bond donors (Lipinski definition) is 2. The van der Waals surface area contributed by atoms with Crippen LogP contribution in [0.4, 0.5) is 0 Å². The van der Waals surface area contributed by atoms with E-state index in [-0.39, 0.29) is 45.9 Å². The molecule has 3 saturated carbocycles. The second-order valence-electron chi connectivity index (χ2n) is 13.9. The van der Waals surface area contributed by atoms with Gasteiger partial charge in [-0.3, -0.25) is 9.59 Å². The molecule has 0 aromatic rings. The van der Waals surface area contributed by atoms with Crippen molar-refractivity contribution in [3.63, 3.8) is 0 Å². The van der Waals surface area contributed by atoms with Gasteiger partial charge in [0.2, 0.25) is 5.78 Å². The number of Topliss-reactive ketones (excluding diaryl/α,β-unsaturated/α-hetero) is 2. The minimum absolute atomic E-state index is 0.0702. The van der Waals surface area contributed by atoms with Gasteiger partial charge in [0.1, 0.15) is 0 Å². The average molecular weight is 465 g/mol. The van der Waals surface area contributed by atoms with Crippen LogP contribution in [0.5, 0.6) is 0 Å². The smallest absolute Gasteiger partial charge is 0.224 e. The SMILES string of the molecule is CC(C)C1=C2C3=C(C(=O)[C@@H]4C(C)(C)CCC[C@]4(C)C3=C(O)C1=O)[C@@H](O)[C@]21CC[C@]2(C(C)C)C[C@@H]21. The second-order valence-corrected chi connectivity index (χ2v) is 13.9. The monoisotopic (exact) mass is 464 g/mol. The third kappa shape index (κ3) is 2.22. The second kappa shape index (κ2) is 6.35. The van der Waals surface area contributed by atoms with Crippen molar-refractivity contribution in [2.45, 2.75) is 93.1 Å². The summed E-state index contributed by atoms with van der Waals surface area (Å²) in [4.78, 5) is 28.3. The van der Waals surface area contributed by atoms with E-state index in [9.17, 15) is 19.8 Å². The Morgan fingerprint density at radius 1 is 0.941 bits per heavy atom. The van der Waals surface area contributed by atoms with E-state index in [4.69, 9.17) is 0 Å². The molecule has 6 rings (SSSR count). The van der Waals surface area contributed by atoms with E-state index in [0.29, 0.717) is 22.6 Å². The number of carbonyl (C=O) groups is 2. The number of hydrogen-bond acceptors (Lipinski definition) is 4. The van der Waals surface area contributed by atoms with Gasteiger partial charge in [0, 0.05) is 33.5 Å². The van der Waals surface area contributed by atoms with E-state index >= 15 is 0 Å². The molecule has 184 valence electrons. The number of aliphatic hydroxyl groups is 2. The highest BCUT2D eigenvalue weighted by Gasteiger charge is 2.77. The Hall–Kier alpha value is -1.68. The fraction of sp³-hybridized carbons (Fsp3) is 0.733. The van der Waals surface area contributed by atoms with Crippen LogP contribution in [0.25, 0.3) is 0 Å². The lowest BCUT2D eigenvalue weighted by Gasteiger charge is -2.54. The quantitative estimate of drug-likeness (QED) is 0.536. The van der Waals surface area contributed by atoms with Crippen LogP contribution < -0.4 is 0 Å². The van der Waals surface area contributed by atoms with E-state index in [0.717, 1.165) is 49.7 Å². The molecule has 4 nitrogen and oxygen atoms in total. The minimum atomic E-state index is -0.886. The lowest BCUT2D eigenvalue weighted by molar-refractivity contribution is -0.133. The lowest BCUT2D eigenvalue weighted by Crippen LogP contribution is -2.52. The molecule has 34 heavy (non-hydrogen) atoms. The number of aliphatic hydroxyl groups excluding tert-OH is 2. The molecule has 3 fully saturated rings. The first-order valence-electron chi connectivity index (χ1n) is 13.5. The highest BCUT2D eigenvalue weighted by molar-refractivity contribution is 6.15. The zero-order valence-electron chi connectivity index (χ0n) is 21.8. The van der Waals surface area contributed by atoms with Gasteiger partial charge in [-0.2, -0.15) is 0 Å². The van der Waals surface area contributed by atoms with Crippen molar-refractivity contribution >= 4 is 11.6 Å². The first-order chi connectivity index (χ1) is 15.8. The highest BCUT2D eigenvalue weighted by Crippen LogP contribution is 2.81. The van der Waals surface area contributed by atoms with Crippen molar-refractivity contribution in [1.29, 1.82) is 0 Å². The third-order valence-corrected chi connectivity index (χ3v) is 11.5. The molecule has 2 N–H and O–H groups in total. The number of fused-ring (bicyclic) bond motifs is 5. The molecular formula is C30H40O4. The fourth-order valence-electron chi connectivity index (χ4n) is 9.97. The van der Waals surface area contributed by atoms with Gasteiger partial charge >= 0.3 is 0 Å². The van der Waals surface area contributed by atoms with Crippen LogP contribution in [0.15, 0.2) is 33.6 Å². The summed E-state index contributed by atoms with van der Waals surface area (Å²) in [5.74, 6) is 0.0121. The van der Waals surface area contributed by atoms with Gasteiger partial charge in [-0.1, -0.05) is 54.9 Å². The number of allylic oxidation sites excluding steroid dienone is 3. The zero-order valence-corrected chi connectivity index (χ0v) is 21.8. The predicted molar refractivity (Wildman–Crippen MR) is 131 cm³/mol. The summed E-state index contributed by atoms with van der Waals surface area (Å²) < 4.78 is 0. The molecule has 0 aromatic heterocycles. The maximum absolute atomic E-state index is 14.4. The molecule has 0 bridgehead atoms. The Kier molecular flexibility index (Phi) is 4.25. The number of rotatable bonds is 2. The van der Waals surface area contributed by atoms with Crippen LogP contribution in [-0.2, 0) is 9.59 Å². The molecular weight excluding hydrogens is 424 g/mol. The maximum atomic E-state index is 14.4. The Morgan fingerprint density at radius 2 is 1.62 bits per heavy atom. The first kappa shape index (κ1) is 22.8. The van der Waals surface area contributed by atoms with Gasteiger partial charge < -0.3 is 10.2 Å². The molecule has 0 amide bonds. The standard InChI is InChI=1S/C30H40O4/c1-14(2)17-20-18-19(26(34)30(20)12-11-29(15(3)4)13-16(29)30)23(32)25-27(5,6)9-8-10-28(25,7)21(18)24(33)22(17)31/h14-16,25-26,33-34H,8-13H2,1-7H3/t16-,25+,26+,28+,29+,30-/m0/s1. The summed E-state index contributed by atoms with van der Waals surface area (Å²) in [5.41, 5.74) is 2.35. The third-order valence-electron chi connectivity index (χ3n) is 11.5. The zero-order chi connectivity index (χ0) is 24.7. The molecule has 6 aliphatic rings. The Morgan fingerprint density at radius 3 is 2.18 bits per heavy atom. The van der Waals surface area contributed by atoms with Gasteiger partial charge in [0.15, 0.2) is 11.5 Å². The highest BCUT2D eigenvalue weighted by atomic mass is 16.3. The largest absolute Gasteiger partial charge is 0.504 e. The van der Waals surface area contributed by atoms with Crippen LogP contribution in [0.2, 0.25) is 0 Å². The molecule has 0 aliphatic heterocycles. The van der Waals surface area contributed by atoms with Crippen molar-refractivity contribution in [3.05, 3.63) is 33.6 Å². The summed E-state index contributed by atoms with van der Waals surface area (Å²) in [6.45, 7) is 15.0. The fourth-order valence-corrected chi connectivity index (χ4v) is 9.97. The van der Waals surface area contributed by atoms with Gasteiger partial charge in [0.25, 0.3) is 0 Å². The van der Waals surface area contributed by atoms with Gasteiger partial charge in [0.05, 0.1) is 6.10 Å². The van der Waals surface area contributed by atoms with E-state index in [1.165, 1.54) is 0 Å². The average Bonchev–Trinajstić information content (AvgIpc) is 3.31. The topological polar surface area (TPSA) is 74.6 Å². The normalized spacial score (nSPS) is 44.5.